The summed E-state index contributed by atoms with van der Waals surface area (Å²) in [5.74, 6) is 0.724. The fourth-order valence-electron chi connectivity index (χ4n) is 8.37. The van der Waals surface area contributed by atoms with Gasteiger partial charge in [-0.3, -0.25) is 0 Å². The zero-order valence-electron chi connectivity index (χ0n) is 32.7. The molecule has 3 nitrogen and oxygen atoms in total. The van der Waals surface area contributed by atoms with E-state index in [-0.39, 0.29) is 6.04 Å². The molecule has 0 amide bonds. The third-order valence-electron chi connectivity index (χ3n) is 11.1. The molecule has 0 fully saturated rings. The molecule has 3 heterocycles. The summed E-state index contributed by atoms with van der Waals surface area (Å²) in [6, 6.07) is 54.8. The molecule has 4 heteroatoms. The molecule has 0 radical (unpaired) electrons. The normalized spacial score (nSPS) is 14.3. The van der Waals surface area contributed by atoms with Gasteiger partial charge in [-0.15, -0.1) is 11.3 Å². The minimum atomic E-state index is 0.170. The number of fused-ring (bicyclic) bond motifs is 5. The monoisotopic (exact) mass is 755 g/mol. The molecule has 0 bridgehead atoms. The molecule has 0 saturated heterocycles. The second-order valence-corrected chi connectivity index (χ2v) is 15.5. The number of allylic oxidation sites excluding steroid dienone is 3. The van der Waals surface area contributed by atoms with Crippen molar-refractivity contribution >= 4 is 32.1 Å². The van der Waals surface area contributed by atoms with E-state index in [0.717, 1.165) is 53.0 Å². The number of para-hydroxylation sites is 1. The van der Waals surface area contributed by atoms with Crippen LogP contribution in [-0.2, 0) is 0 Å². The number of hydrogen-bond donors (Lipinski definition) is 0. The van der Waals surface area contributed by atoms with E-state index in [1.54, 1.807) is 0 Å². The van der Waals surface area contributed by atoms with Gasteiger partial charge in [0.1, 0.15) is 5.00 Å². The maximum Gasteiger partial charge on any atom is 0.159 e. The van der Waals surface area contributed by atoms with E-state index in [9.17, 15) is 0 Å². The molecular weight excluding hydrogens is 711 g/mol. The Hall–Kier alpha value is -6.36. The van der Waals surface area contributed by atoms with Crippen LogP contribution in [0.15, 0.2) is 182 Å². The van der Waals surface area contributed by atoms with Crippen molar-refractivity contribution in [2.24, 2.45) is 0 Å². The van der Waals surface area contributed by atoms with Crippen molar-refractivity contribution in [3.05, 3.63) is 193 Å². The molecule has 0 saturated carbocycles. The van der Waals surface area contributed by atoms with Gasteiger partial charge in [0, 0.05) is 44.2 Å². The molecule has 6 aromatic carbocycles. The van der Waals surface area contributed by atoms with Crippen molar-refractivity contribution in [2.45, 2.75) is 46.1 Å². The molecule has 57 heavy (non-hydrogen) atoms. The van der Waals surface area contributed by atoms with E-state index in [1.165, 1.54) is 59.7 Å². The molecule has 1 unspecified atom stereocenters. The van der Waals surface area contributed by atoms with Gasteiger partial charge in [-0.1, -0.05) is 165 Å². The Balaban J connectivity index is 0.00000208. The van der Waals surface area contributed by atoms with Crippen LogP contribution < -0.4 is 4.90 Å². The van der Waals surface area contributed by atoms with Crippen molar-refractivity contribution in [3.8, 4) is 56.0 Å². The summed E-state index contributed by atoms with van der Waals surface area (Å²) in [5, 5.41) is 2.64. The topological polar surface area (TPSA) is 29.0 Å². The Morgan fingerprint density at radius 1 is 0.667 bits per heavy atom. The van der Waals surface area contributed by atoms with Gasteiger partial charge in [0.2, 0.25) is 0 Å². The van der Waals surface area contributed by atoms with Crippen LogP contribution in [-0.4, -0.2) is 9.97 Å². The number of thiophene rings is 1. The number of aryl methyl sites for hydroxylation is 1. The van der Waals surface area contributed by atoms with Crippen molar-refractivity contribution < 1.29 is 0 Å². The molecule has 2 aromatic heterocycles. The molecule has 2 aliphatic rings. The zero-order valence-corrected chi connectivity index (χ0v) is 33.5. The highest BCUT2D eigenvalue weighted by molar-refractivity contribution is 7.23. The van der Waals surface area contributed by atoms with E-state index in [4.69, 9.17) is 9.97 Å². The molecule has 278 valence electrons. The number of aromatic nitrogens is 2. The van der Waals surface area contributed by atoms with Crippen molar-refractivity contribution in [1.29, 1.82) is 0 Å². The average Bonchev–Trinajstić information content (AvgIpc) is 3.68. The molecule has 0 N–H and O–H groups in total. The Labute approximate surface area is 340 Å². The van der Waals surface area contributed by atoms with Crippen LogP contribution in [0.5, 0.6) is 0 Å². The molecule has 10 rings (SSSR count). The van der Waals surface area contributed by atoms with Gasteiger partial charge in [0.05, 0.1) is 11.7 Å². The summed E-state index contributed by atoms with van der Waals surface area (Å²) in [4.78, 5) is 12.7. The highest BCUT2D eigenvalue weighted by Gasteiger charge is 2.36. The van der Waals surface area contributed by atoms with E-state index in [0.29, 0.717) is 0 Å². The van der Waals surface area contributed by atoms with E-state index < -0.39 is 0 Å². The van der Waals surface area contributed by atoms with Gasteiger partial charge in [-0.25, -0.2) is 9.97 Å². The molecular formula is C53H45N3S. The number of hydrogen-bond acceptors (Lipinski definition) is 4. The Morgan fingerprint density at radius 2 is 1.37 bits per heavy atom. The summed E-state index contributed by atoms with van der Waals surface area (Å²) in [5.41, 5.74) is 15.6. The van der Waals surface area contributed by atoms with Crippen LogP contribution in [0, 0.1) is 6.92 Å². The van der Waals surface area contributed by atoms with Gasteiger partial charge < -0.3 is 4.90 Å². The first-order chi connectivity index (χ1) is 28.2. The molecule has 0 spiro atoms. The van der Waals surface area contributed by atoms with Crippen LogP contribution in [0.4, 0.5) is 10.7 Å². The van der Waals surface area contributed by atoms with Crippen LogP contribution in [0.2, 0.25) is 0 Å². The minimum Gasteiger partial charge on any atom is -0.325 e. The second-order valence-electron chi connectivity index (χ2n) is 14.5. The lowest BCUT2D eigenvalue weighted by Gasteiger charge is -2.40. The average molecular weight is 756 g/mol. The van der Waals surface area contributed by atoms with Gasteiger partial charge >= 0.3 is 0 Å². The summed E-state index contributed by atoms with van der Waals surface area (Å²) < 4.78 is 1.32. The summed E-state index contributed by atoms with van der Waals surface area (Å²) >= 11 is 1.92. The zero-order chi connectivity index (χ0) is 38.7. The number of benzene rings is 6. The summed E-state index contributed by atoms with van der Waals surface area (Å²) in [6.45, 7) is 6.25. The first-order valence-corrected chi connectivity index (χ1v) is 21.0. The first kappa shape index (κ1) is 36.3. The Bertz CT molecular complexity index is 2760. The number of rotatable bonds is 7. The predicted octanol–water partition coefficient (Wildman–Crippen LogP) is 15.2. The molecule has 1 atom stereocenters. The standard InChI is InChI=1S/C51H39N3S.C2H6/c1-34-16-11-13-26-45(34)54-46(30-35-17-5-2-6-18-35)41-29-28-39(32-43(41)48-42-25-12-14-27-47(42)55-51(48)54)38-23-15-24-40(31-38)44-33-52-50(37-21-9-4-10-22-37)53-49(44)36-19-7-3-8-20-36;1-2/h2-5,7-17,19-29,31-33,46H,6,18,30H2,1H3;1-2H3. The lowest BCUT2D eigenvalue weighted by molar-refractivity contribution is 0.664. The quantitative estimate of drug-likeness (QED) is 0.162. The maximum atomic E-state index is 5.17. The van der Waals surface area contributed by atoms with Crippen LogP contribution in [0.1, 0.15) is 50.3 Å². The van der Waals surface area contributed by atoms with Gasteiger partial charge in [0.25, 0.3) is 0 Å². The van der Waals surface area contributed by atoms with Crippen LogP contribution in [0.3, 0.4) is 0 Å². The first-order valence-electron chi connectivity index (χ1n) is 20.1. The molecule has 8 aromatic rings. The number of anilines is 2. The Kier molecular flexibility index (Phi) is 10.2. The summed E-state index contributed by atoms with van der Waals surface area (Å²) in [7, 11) is 0. The maximum absolute atomic E-state index is 5.17. The highest BCUT2D eigenvalue weighted by atomic mass is 32.1. The van der Waals surface area contributed by atoms with E-state index in [2.05, 4.69) is 164 Å². The van der Waals surface area contributed by atoms with Crippen molar-refractivity contribution in [1.82, 2.24) is 9.97 Å². The van der Waals surface area contributed by atoms with E-state index >= 15 is 0 Å². The number of nitrogens with zero attached hydrogens (tertiary/aromatic N) is 3. The smallest absolute Gasteiger partial charge is 0.159 e. The van der Waals surface area contributed by atoms with Gasteiger partial charge in [0.15, 0.2) is 5.82 Å². The van der Waals surface area contributed by atoms with Gasteiger partial charge in [-0.05, 0) is 83.8 Å². The Morgan fingerprint density at radius 3 is 2.16 bits per heavy atom. The van der Waals surface area contributed by atoms with Crippen LogP contribution >= 0.6 is 11.3 Å². The lowest BCUT2D eigenvalue weighted by Crippen LogP contribution is -2.28. The van der Waals surface area contributed by atoms with Crippen molar-refractivity contribution in [3.63, 3.8) is 0 Å². The fourth-order valence-corrected chi connectivity index (χ4v) is 9.65. The third kappa shape index (κ3) is 6.92. The second kappa shape index (κ2) is 16.0. The predicted molar refractivity (Wildman–Crippen MR) is 243 cm³/mol. The minimum absolute atomic E-state index is 0.170. The van der Waals surface area contributed by atoms with Crippen molar-refractivity contribution in [2.75, 3.05) is 4.90 Å². The molecule has 1 aliphatic carbocycles. The SMILES string of the molecule is CC.Cc1ccccc1N1c2sc3ccccc3c2-c2cc(-c3cccc(-c4cnc(-c5ccccc5)nc4-c4ccccc4)c3)ccc2C1CC1=CC=CCC1. The molecule has 1 aliphatic heterocycles. The highest BCUT2D eigenvalue weighted by Crippen LogP contribution is 2.57. The fraction of sp³-hybridized carbons (Fsp3) is 0.132. The van der Waals surface area contributed by atoms with E-state index in [1.807, 2.05) is 49.6 Å². The summed E-state index contributed by atoms with van der Waals surface area (Å²) in [6.07, 6.45) is 12.1. The van der Waals surface area contributed by atoms with Crippen LogP contribution in [0.25, 0.3) is 66.1 Å². The van der Waals surface area contributed by atoms with Gasteiger partial charge in [-0.2, -0.15) is 0 Å². The third-order valence-corrected chi connectivity index (χ3v) is 12.3. The lowest BCUT2D eigenvalue weighted by atomic mass is 9.83. The largest absolute Gasteiger partial charge is 0.325 e.